The Morgan fingerprint density at radius 3 is 2.81 bits per heavy atom. The standard InChI is InChI=1S/C13H9BrO2/c1-3-9-6-11(15-2)7-12(14)13(9)10-4-5-16-8-10/h1,4-8H,2H3. The molecule has 1 aromatic carbocycles. The van der Waals surface area contributed by atoms with Crippen molar-refractivity contribution in [2.24, 2.45) is 0 Å². The zero-order chi connectivity index (χ0) is 11.5. The van der Waals surface area contributed by atoms with Crippen molar-refractivity contribution in [1.82, 2.24) is 0 Å². The number of rotatable bonds is 2. The third kappa shape index (κ3) is 1.84. The van der Waals surface area contributed by atoms with Gasteiger partial charge in [-0.2, -0.15) is 0 Å². The van der Waals surface area contributed by atoms with Crippen LogP contribution in [0.4, 0.5) is 0 Å². The average Bonchev–Trinajstić information content (AvgIpc) is 2.81. The predicted octanol–water partition coefficient (Wildman–Crippen LogP) is 3.70. The molecule has 0 N–H and O–H groups in total. The monoisotopic (exact) mass is 276 g/mol. The Balaban J connectivity index is 2.66. The van der Waals surface area contributed by atoms with E-state index in [0.29, 0.717) is 0 Å². The molecule has 2 rings (SSSR count). The van der Waals surface area contributed by atoms with E-state index in [4.69, 9.17) is 15.6 Å². The normalized spacial score (nSPS) is 9.81. The summed E-state index contributed by atoms with van der Waals surface area (Å²) in [5, 5.41) is 0. The number of methoxy groups -OCH3 is 1. The van der Waals surface area contributed by atoms with E-state index in [0.717, 1.165) is 26.9 Å². The van der Waals surface area contributed by atoms with Gasteiger partial charge in [-0.1, -0.05) is 5.92 Å². The molecule has 0 atom stereocenters. The first kappa shape index (κ1) is 10.8. The van der Waals surface area contributed by atoms with Gasteiger partial charge in [0.1, 0.15) is 5.75 Å². The van der Waals surface area contributed by atoms with Gasteiger partial charge in [-0.05, 0) is 34.1 Å². The van der Waals surface area contributed by atoms with Gasteiger partial charge in [-0.15, -0.1) is 6.42 Å². The summed E-state index contributed by atoms with van der Waals surface area (Å²) in [5.74, 6) is 3.38. The summed E-state index contributed by atoms with van der Waals surface area (Å²) in [6.45, 7) is 0. The topological polar surface area (TPSA) is 22.4 Å². The van der Waals surface area contributed by atoms with Crippen molar-refractivity contribution < 1.29 is 9.15 Å². The zero-order valence-corrected chi connectivity index (χ0v) is 10.2. The molecule has 0 saturated heterocycles. The lowest BCUT2D eigenvalue weighted by molar-refractivity contribution is 0.414. The van der Waals surface area contributed by atoms with Gasteiger partial charge >= 0.3 is 0 Å². The fraction of sp³-hybridized carbons (Fsp3) is 0.0769. The Morgan fingerprint density at radius 2 is 2.25 bits per heavy atom. The molecular formula is C13H9BrO2. The largest absolute Gasteiger partial charge is 0.497 e. The second kappa shape index (κ2) is 4.46. The minimum absolute atomic E-state index is 0.729. The maximum atomic E-state index is 5.49. The fourth-order valence-corrected chi connectivity index (χ4v) is 2.18. The number of benzene rings is 1. The number of hydrogen-bond acceptors (Lipinski definition) is 2. The molecule has 0 radical (unpaired) electrons. The Labute approximate surface area is 102 Å². The molecule has 0 bridgehead atoms. The zero-order valence-electron chi connectivity index (χ0n) is 8.66. The van der Waals surface area contributed by atoms with Crippen molar-refractivity contribution >= 4 is 15.9 Å². The molecule has 0 saturated carbocycles. The van der Waals surface area contributed by atoms with Crippen LogP contribution in [0.3, 0.4) is 0 Å². The fourth-order valence-electron chi connectivity index (χ4n) is 1.51. The molecule has 1 aromatic heterocycles. The second-order valence-corrected chi connectivity index (χ2v) is 4.04. The first-order valence-electron chi connectivity index (χ1n) is 4.63. The minimum atomic E-state index is 0.729. The van der Waals surface area contributed by atoms with Crippen molar-refractivity contribution in [3.05, 3.63) is 40.8 Å². The highest BCUT2D eigenvalue weighted by atomic mass is 79.9. The van der Waals surface area contributed by atoms with Crippen LogP contribution >= 0.6 is 15.9 Å². The molecule has 0 unspecified atom stereocenters. The number of ether oxygens (including phenoxy) is 1. The minimum Gasteiger partial charge on any atom is -0.497 e. The Morgan fingerprint density at radius 1 is 1.44 bits per heavy atom. The molecule has 80 valence electrons. The van der Waals surface area contributed by atoms with E-state index >= 15 is 0 Å². The molecule has 1 heterocycles. The molecule has 0 aliphatic carbocycles. The van der Waals surface area contributed by atoms with E-state index < -0.39 is 0 Å². The number of hydrogen-bond donors (Lipinski definition) is 0. The van der Waals surface area contributed by atoms with Gasteiger partial charge in [0, 0.05) is 21.2 Å². The van der Waals surface area contributed by atoms with Crippen molar-refractivity contribution in [1.29, 1.82) is 0 Å². The molecule has 0 aliphatic rings. The Kier molecular flexibility index (Phi) is 3.02. The van der Waals surface area contributed by atoms with Gasteiger partial charge in [0.25, 0.3) is 0 Å². The lowest BCUT2D eigenvalue weighted by Gasteiger charge is -2.08. The van der Waals surface area contributed by atoms with Crippen LogP contribution in [-0.4, -0.2) is 7.11 Å². The maximum Gasteiger partial charge on any atom is 0.121 e. The highest BCUT2D eigenvalue weighted by Crippen LogP contribution is 2.35. The molecule has 16 heavy (non-hydrogen) atoms. The molecule has 3 heteroatoms. The first-order valence-corrected chi connectivity index (χ1v) is 5.42. The van der Waals surface area contributed by atoms with E-state index in [1.54, 1.807) is 19.6 Å². The maximum absolute atomic E-state index is 5.49. The molecular weight excluding hydrogens is 268 g/mol. The third-order valence-corrected chi connectivity index (χ3v) is 2.89. The number of terminal acetylenes is 1. The van der Waals surface area contributed by atoms with Crippen LogP contribution in [0.15, 0.2) is 39.6 Å². The molecule has 0 spiro atoms. The highest BCUT2D eigenvalue weighted by molar-refractivity contribution is 9.10. The Bertz CT molecular complexity index is 536. The summed E-state index contributed by atoms with van der Waals surface area (Å²) in [6, 6.07) is 5.57. The number of furan rings is 1. The summed E-state index contributed by atoms with van der Waals surface area (Å²) in [6.07, 6.45) is 8.77. The summed E-state index contributed by atoms with van der Waals surface area (Å²) < 4.78 is 11.1. The highest BCUT2D eigenvalue weighted by Gasteiger charge is 2.11. The molecule has 0 aliphatic heterocycles. The predicted molar refractivity (Wildman–Crippen MR) is 66.3 cm³/mol. The van der Waals surface area contributed by atoms with E-state index in [1.807, 2.05) is 18.2 Å². The van der Waals surface area contributed by atoms with Crippen molar-refractivity contribution in [3.8, 4) is 29.2 Å². The van der Waals surface area contributed by atoms with Crippen LogP contribution in [0.2, 0.25) is 0 Å². The van der Waals surface area contributed by atoms with Crippen LogP contribution in [0.5, 0.6) is 5.75 Å². The first-order chi connectivity index (χ1) is 7.76. The Hall–Kier alpha value is -1.66. The molecule has 0 fully saturated rings. The van der Waals surface area contributed by atoms with Crippen LogP contribution in [0.25, 0.3) is 11.1 Å². The molecule has 2 nitrogen and oxygen atoms in total. The van der Waals surface area contributed by atoms with Gasteiger partial charge in [-0.25, -0.2) is 0 Å². The van der Waals surface area contributed by atoms with Gasteiger partial charge in [0.15, 0.2) is 0 Å². The van der Waals surface area contributed by atoms with Gasteiger partial charge in [-0.3, -0.25) is 0 Å². The summed E-state index contributed by atoms with van der Waals surface area (Å²) in [7, 11) is 1.61. The van der Waals surface area contributed by atoms with Gasteiger partial charge < -0.3 is 9.15 Å². The van der Waals surface area contributed by atoms with Crippen LogP contribution in [0, 0.1) is 12.3 Å². The molecule has 0 amide bonds. The van der Waals surface area contributed by atoms with Crippen LogP contribution in [0.1, 0.15) is 5.56 Å². The van der Waals surface area contributed by atoms with Crippen molar-refractivity contribution in [2.75, 3.05) is 7.11 Å². The van der Waals surface area contributed by atoms with Crippen LogP contribution < -0.4 is 4.74 Å². The van der Waals surface area contributed by atoms with E-state index in [-0.39, 0.29) is 0 Å². The number of halogens is 1. The summed E-state index contributed by atoms with van der Waals surface area (Å²) in [4.78, 5) is 0. The van der Waals surface area contributed by atoms with E-state index in [9.17, 15) is 0 Å². The van der Waals surface area contributed by atoms with Crippen LogP contribution in [-0.2, 0) is 0 Å². The lowest BCUT2D eigenvalue weighted by Crippen LogP contribution is -1.89. The average molecular weight is 277 g/mol. The SMILES string of the molecule is C#Cc1cc(OC)cc(Br)c1-c1ccoc1. The summed E-state index contributed by atoms with van der Waals surface area (Å²) in [5.41, 5.74) is 2.66. The molecule has 2 aromatic rings. The quantitative estimate of drug-likeness (QED) is 0.781. The van der Waals surface area contributed by atoms with Crippen molar-refractivity contribution in [3.63, 3.8) is 0 Å². The lowest BCUT2D eigenvalue weighted by atomic mass is 10.0. The van der Waals surface area contributed by atoms with Gasteiger partial charge in [0.2, 0.25) is 0 Å². The van der Waals surface area contributed by atoms with E-state index in [2.05, 4.69) is 21.9 Å². The summed E-state index contributed by atoms with van der Waals surface area (Å²) >= 11 is 3.48. The smallest absolute Gasteiger partial charge is 0.121 e. The van der Waals surface area contributed by atoms with Gasteiger partial charge in [0.05, 0.1) is 19.6 Å². The van der Waals surface area contributed by atoms with E-state index in [1.165, 1.54) is 0 Å². The van der Waals surface area contributed by atoms with Crippen molar-refractivity contribution in [2.45, 2.75) is 0 Å². The second-order valence-electron chi connectivity index (χ2n) is 3.19. The third-order valence-electron chi connectivity index (χ3n) is 2.26.